The third kappa shape index (κ3) is 3.95. The predicted octanol–water partition coefficient (Wildman–Crippen LogP) is 3.29. The minimum Gasteiger partial charge on any atom is -0.399 e. The minimum atomic E-state index is -0.556. The number of rotatable bonds is 5. The van der Waals surface area contributed by atoms with Gasteiger partial charge in [0.15, 0.2) is 0 Å². The van der Waals surface area contributed by atoms with E-state index < -0.39 is 6.10 Å². The Hall–Kier alpha value is -1.06. The molecule has 106 valence electrons. The van der Waals surface area contributed by atoms with Gasteiger partial charge in [0, 0.05) is 5.69 Å². The van der Waals surface area contributed by atoms with Gasteiger partial charge >= 0.3 is 0 Å². The molecule has 0 saturated heterocycles. The molecule has 1 saturated carbocycles. The van der Waals surface area contributed by atoms with Gasteiger partial charge in [-0.1, -0.05) is 38.3 Å². The van der Waals surface area contributed by atoms with Gasteiger partial charge in [0.05, 0.1) is 12.7 Å². The van der Waals surface area contributed by atoms with Gasteiger partial charge in [-0.15, -0.1) is 0 Å². The van der Waals surface area contributed by atoms with Gasteiger partial charge in [0.25, 0.3) is 0 Å². The molecular formula is C16H25NO2. The van der Waals surface area contributed by atoms with E-state index in [1.807, 2.05) is 24.3 Å². The number of aliphatic hydroxyl groups is 1. The maximum Gasteiger partial charge on any atom is 0.102 e. The summed E-state index contributed by atoms with van der Waals surface area (Å²) in [7, 11) is 0. The van der Waals surface area contributed by atoms with Crippen molar-refractivity contribution in [3.05, 3.63) is 29.8 Å². The Morgan fingerprint density at radius 3 is 2.63 bits per heavy atom. The molecule has 2 rings (SSSR count). The summed E-state index contributed by atoms with van der Waals surface area (Å²) in [5.41, 5.74) is 7.23. The van der Waals surface area contributed by atoms with Crippen molar-refractivity contribution in [2.75, 3.05) is 12.3 Å². The third-order valence-electron chi connectivity index (χ3n) is 4.15. The number of benzene rings is 1. The zero-order valence-corrected chi connectivity index (χ0v) is 11.7. The molecule has 1 aliphatic carbocycles. The highest BCUT2D eigenvalue weighted by Gasteiger charge is 2.25. The number of ether oxygens (including phenoxy) is 1. The van der Waals surface area contributed by atoms with Crippen molar-refractivity contribution in [2.24, 2.45) is 5.92 Å². The van der Waals surface area contributed by atoms with Gasteiger partial charge in [-0.05, 0) is 36.5 Å². The lowest BCUT2D eigenvalue weighted by molar-refractivity contribution is -0.0514. The number of hydrogen-bond acceptors (Lipinski definition) is 3. The molecule has 0 spiro atoms. The van der Waals surface area contributed by atoms with Crippen LogP contribution in [-0.4, -0.2) is 17.8 Å². The van der Waals surface area contributed by atoms with E-state index in [-0.39, 0.29) is 0 Å². The van der Waals surface area contributed by atoms with Gasteiger partial charge in [0.1, 0.15) is 6.10 Å². The molecule has 19 heavy (non-hydrogen) atoms. The Kier molecular flexibility index (Phi) is 5.23. The maximum atomic E-state index is 10.1. The molecule has 3 unspecified atom stereocenters. The van der Waals surface area contributed by atoms with Crippen LogP contribution in [0.25, 0.3) is 0 Å². The second-order valence-corrected chi connectivity index (χ2v) is 5.51. The fourth-order valence-electron chi connectivity index (χ4n) is 2.89. The summed E-state index contributed by atoms with van der Waals surface area (Å²) in [5.74, 6) is 0.660. The van der Waals surface area contributed by atoms with Crippen molar-refractivity contribution in [1.82, 2.24) is 0 Å². The number of nitrogen functional groups attached to an aromatic ring is 1. The van der Waals surface area contributed by atoms with Crippen LogP contribution in [0.5, 0.6) is 0 Å². The zero-order valence-electron chi connectivity index (χ0n) is 11.7. The number of anilines is 1. The lowest BCUT2D eigenvalue weighted by Crippen LogP contribution is -2.28. The predicted molar refractivity (Wildman–Crippen MR) is 77.8 cm³/mol. The molecule has 3 heteroatoms. The quantitative estimate of drug-likeness (QED) is 0.801. The first-order valence-corrected chi connectivity index (χ1v) is 7.35. The molecule has 1 aromatic rings. The number of hydrogen-bond donors (Lipinski definition) is 2. The molecule has 0 amide bonds. The van der Waals surface area contributed by atoms with Gasteiger partial charge in [-0.25, -0.2) is 0 Å². The molecule has 3 nitrogen and oxygen atoms in total. The normalized spacial score (nSPS) is 25.2. The summed E-state index contributed by atoms with van der Waals surface area (Å²) in [5, 5.41) is 10.1. The molecular weight excluding hydrogens is 238 g/mol. The summed E-state index contributed by atoms with van der Waals surface area (Å²) in [6.45, 7) is 2.60. The molecule has 1 aromatic carbocycles. The standard InChI is InChI=1S/C16H25NO2/c1-2-12-5-3-4-6-16(12)19-11-15(18)13-7-9-14(17)10-8-13/h7-10,12,15-16,18H,2-6,11,17H2,1H3. The van der Waals surface area contributed by atoms with Crippen LogP contribution < -0.4 is 5.73 Å². The van der Waals surface area contributed by atoms with Crippen molar-refractivity contribution in [3.8, 4) is 0 Å². The first-order valence-electron chi connectivity index (χ1n) is 7.35. The van der Waals surface area contributed by atoms with Crippen LogP contribution in [-0.2, 0) is 4.74 Å². The van der Waals surface area contributed by atoms with Crippen molar-refractivity contribution < 1.29 is 9.84 Å². The van der Waals surface area contributed by atoms with Crippen molar-refractivity contribution in [1.29, 1.82) is 0 Å². The van der Waals surface area contributed by atoms with E-state index >= 15 is 0 Å². The maximum absolute atomic E-state index is 10.1. The summed E-state index contributed by atoms with van der Waals surface area (Å²) in [6.07, 6.45) is 5.90. The van der Waals surface area contributed by atoms with Crippen LogP contribution in [0.4, 0.5) is 5.69 Å². The molecule has 1 fully saturated rings. The molecule has 0 aromatic heterocycles. The van der Waals surface area contributed by atoms with Crippen molar-refractivity contribution >= 4 is 5.69 Å². The second-order valence-electron chi connectivity index (χ2n) is 5.51. The van der Waals surface area contributed by atoms with Crippen LogP contribution >= 0.6 is 0 Å². The van der Waals surface area contributed by atoms with E-state index in [9.17, 15) is 5.11 Å². The van der Waals surface area contributed by atoms with Crippen LogP contribution in [0.1, 0.15) is 50.7 Å². The molecule has 0 aliphatic heterocycles. The Morgan fingerprint density at radius 1 is 1.26 bits per heavy atom. The molecule has 0 heterocycles. The first-order chi connectivity index (χ1) is 9.20. The van der Waals surface area contributed by atoms with E-state index in [0.717, 1.165) is 17.7 Å². The summed E-state index contributed by atoms with van der Waals surface area (Å²) in [4.78, 5) is 0. The lowest BCUT2D eigenvalue weighted by atomic mass is 9.85. The smallest absolute Gasteiger partial charge is 0.102 e. The van der Waals surface area contributed by atoms with Gasteiger partial charge in [0.2, 0.25) is 0 Å². The fraction of sp³-hybridized carbons (Fsp3) is 0.625. The Balaban J connectivity index is 1.85. The number of nitrogens with two attached hydrogens (primary N) is 1. The SMILES string of the molecule is CCC1CCCCC1OCC(O)c1ccc(N)cc1. The zero-order chi connectivity index (χ0) is 13.7. The summed E-state index contributed by atoms with van der Waals surface area (Å²) < 4.78 is 5.95. The van der Waals surface area contributed by atoms with E-state index in [0.29, 0.717) is 18.6 Å². The topological polar surface area (TPSA) is 55.5 Å². The van der Waals surface area contributed by atoms with Crippen LogP contribution in [0.2, 0.25) is 0 Å². The second kappa shape index (κ2) is 6.92. The Labute approximate surface area is 115 Å². The molecule has 0 radical (unpaired) electrons. The average Bonchev–Trinajstić information content (AvgIpc) is 2.45. The van der Waals surface area contributed by atoms with Crippen molar-refractivity contribution in [2.45, 2.75) is 51.2 Å². The van der Waals surface area contributed by atoms with Crippen LogP contribution in [0.15, 0.2) is 24.3 Å². The fourth-order valence-corrected chi connectivity index (χ4v) is 2.89. The summed E-state index contributed by atoms with van der Waals surface area (Å²) >= 11 is 0. The van der Waals surface area contributed by atoms with Gasteiger partial charge < -0.3 is 15.6 Å². The van der Waals surface area contributed by atoms with E-state index in [2.05, 4.69) is 6.92 Å². The molecule has 3 N–H and O–H groups in total. The highest BCUT2D eigenvalue weighted by atomic mass is 16.5. The Bertz CT molecular complexity index is 377. The largest absolute Gasteiger partial charge is 0.399 e. The lowest BCUT2D eigenvalue weighted by Gasteiger charge is -2.31. The summed E-state index contributed by atoms with van der Waals surface area (Å²) in [6, 6.07) is 7.35. The van der Waals surface area contributed by atoms with E-state index in [1.165, 1.54) is 25.7 Å². The van der Waals surface area contributed by atoms with Crippen LogP contribution in [0.3, 0.4) is 0 Å². The number of aliphatic hydroxyl groups excluding tert-OH is 1. The third-order valence-corrected chi connectivity index (χ3v) is 4.15. The highest BCUT2D eigenvalue weighted by molar-refractivity contribution is 5.39. The molecule has 1 aliphatic rings. The van der Waals surface area contributed by atoms with E-state index in [1.54, 1.807) is 0 Å². The van der Waals surface area contributed by atoms with E-state index in [4.69, 9.17) is 10.5 Å². The minimum absolute atomic E-state index is 0.321. The van der Waals surface area contributed by atoms with Crippen LogP contribution in [0, 0.1) is 5.92 Å². The van der Waals surface area contributed by atoms with Crippen molar-refractivity contribution in [3.63, 3.8) is 0 Å². The van der Waals surface area contributed by atoms with Gasteiger partial charge in [-0.2, -0.15) is 0 Å². The Morgan fingerprint density at radius 2 is 1.95 bits per heavy atom. The monoisotopic (exact) mass is 263 g/mol. The molecule has 3 atom stereocenters. The first kappa shape index (κ1) is 14.4. The average molecular weight is 263 g/mol. The highest BCUT2D eigenvalue weighted by Crippen LogP contribution is 2.30. The molecule has 0 bridgehead atoms. The van der Waals surface area contributed by atoms with Gasteiger partial charge in [-0.3, -0.25) is 0 Å².